The molecule has 6 nitrogen and oxygen atoms in total. The summed E-state index contributed by atoms with van der Waals surface area (Å²) in [6.45, 7) is 0. The summed E-state index contributed by atoms with van der Waals surface area (Å²) >= 11 is 0. The third-order valence-corrected chi connectivity index (χ3v) is 6.60. The standard InChI is InChI=1S/C22H12N4.C10H8N2.Ru/c1-3-13-7-8-14-4-2-6-16-20(14)19(13)15(5-1)17-11-25-22(26-21(16)17)18-12-23-9-10-24-18;1-3-7-11-9(5-1)10-6-2-4-8-12-10;/h1-12H;1-8H;/q;;+6. The predicted octanol–water partition coefficient (Wildman–Crippen LogP) is 7.13. The molecule has 8 aromatic rings. The summed E-state index contributed by atoms with van der Waals surface area (Å²) in [5, 5.41) is 8.41. The second-order valence-corrected chi connectivity index (χ2v) is 8.85. The minimum Gasteiger partial charge on any atom is -0.261 e. The predicted molar refractivity (Wildman–Crippen MR) is 152 cm³/mol. The zero-order valence-corrected chi connectivity index (χ0v) is 22.3. The van der Waals surface area contributed by atoms with Crippen LogP contribution in [0.5, 0.6) is 0 Å². The van der Waals surface area contributed by atoms with Gasteiger partial charge in [-0.2, -0.15) is 0 Å². The van der Waals surface area contributed by atoms with Crippen molar-refractivity contribution in [2.45, 2.75) is 0 Å². The number of fused-ring (bicyclic) bond motifs is 3. The molecule has 0 saturated carbocycles. The van der Waals surface area contributed by atoms with E-state index in [1.54, 1.807) is 31.0 Å². The van der Waals surface area contributed by atoms with Crippen LogP contribution in [0.3, 0.4) is 0 Å². The average Bonchev–Trinajstić information content (AvgIpc) is 3.02. The molecule has 4 aromatic carbocycles. The molecular weight excluding hydrogens is 569 g/mol. The summed E-state index contributed by atoms with van der Waals surface area (Å²) in [6, 6.07) is 28.8. The van der Waals surface area contributed by atoms with E-state index in [1.807, 2.05) is 42.6 Å². The number of hydrogen-bond acceptors (Lipinski definition) is 6. The Kier molecular flexibility index (Phi) is 6.66. The first-order valence-electron chi connectivity index (χ1n) is 12.3. The van der Waals surface area contributed by atoms with Gasteiger partial charge >= 0.3 is 19.5 Å². The Labute approximate surface area is 237 Å². The summed E-state index contributed by atoms with van der Waals surface area (Å²) in [5.74, 6) is 0.598. The fraction of sp³-hybridized carbons (Fsp3) is 0. The van der Waals surface area contributed by atoms with Crippen molar-refractivity contribution in [3.05, 3.63) is 122 Å². The van der Waals surface area contributed by atoms with E-state index < -0.39 is 0 Å². The summed E-state index contributed by atoms with van der Waals surface area (Å²) in [4.78, 5) is 26.3. The van der Waals surface area contributed by atoms with Gasteiger partial charge in [0.1, 0.15) is 5.69 Å². The normalized spacial score (nSPS) is 10.9. The van der Waals surface area contributed by atoms with Gasteiger partial charge in [0.25, 0.3) is 0 Å². The van der Waals surface area contributed by atoms with Crippen LogP contribution in [0.25, 0.3) is 66.1 Å². The van der Waals surface area contributed by atoms with Gasteiger partial charge in [-0.15, -0.1) is 0 Å². The van der Waals surface area contributed by atoms with E-state index in [9.17, 15) is 0 Å². The Morgan fingerprint density at radius 2 is 1.08 bits per heavy atom. The molecular formula is C32H20N6Ru+6. The molecule has 0 unspecified atom stereocenters. The molecule has 8 rings (SSSR count). The van der Waals surface area contributed by atoms with Crippen LogP contribution in [0.1, 0.15) is 0 Å². The Hall–Kier alpha value is -4.74. The summed E-state index contributed by atoms with van der Waals surface area (Å²) in [7, 11) is 0. The van der Waals surface area contributed by atoms with Crippen LogP contribution >= 0.6 is 0 Å². The molecule has 0 atom stereocenters. The van der Waals surface area contributed by atoms with E-state index in [4.69, 9.17) is 4.98 Å². The maximum Gasteiger partial charge on any atom is 6.00 e. The quantitative estimate of drug-likeness (QED) is 0.121. The Balaban J connectivity index is 0.000000180. The molecule has 0 aliphatic rings. The number of benzene rings is 4. The van der Waals surface area contributed by atoms with Gasteiger partial charge in [0.05, 0.1) is 23.1 Å². The number of rotatable bonds is 2. The van der Waals surface area contributed by atoms with E-state index in [1.165, 1.54) is 26.9 Å². The molecule has 39 heavy (non-hydrogen) atoms. The maximum absolute atomic E-state index is 4.88. The van der Waals surface area contributed by atoms with Gasteiger partial charge in [0, 0.05) is 41.8 Å². The van der Waals surface area contributed by atoms with Gasteiger partial charge in [0.2, 0.25) is 0 Å². The van der Waals surface area contributed by atoms with Gasteiger partial charge in [0.15, 0.2) is 5.82 Å². The molecule has 0 fully saturated rings. The fourth-order valence-corrected chi connectivity index (χ4v) is 4.93. The molecule has 0 aliphatic heterocycles. The number of hydrogen-bond donors (Lipinski definition) is 0. The van der Waals surface area contributed by atoms with Crippen LogP contribution < -0.4 is 0 Å². The number of pyridine rings is 2. The molecule has 0 bridgehead atoms. The minimum atomic E-state index is 0. The number of aromatic nitrogens is 6. The van der Waals surface area contributed by atoms with Crippen molar-refractivity contribution in [3.8, 4) is 22.9 Å². The third-order valence-electron chi connectivity index (χ3n) is 6.60. The molecule has 0 N–H and O–H groups in total. The van der Waals surface area contributed by atoms with Crippen molar-refractivity contribution >= 4 is 43.2 Å². The van der Waals surface area contributed by atoms with Crippen LogP contribution in [-0.2, 0) is 19.5 Å². The molecule has 0 saturated heterocycles. The Bertz CT molecular complexity index is 1980. The molecule has 0 aliphatic carbocycles. The van der Waals surface area contributed by atoms with E-state index in [0.29, 0.717) is 11.5 Å². The van der Waals surface area contributed by atoms with Crippen LogP contribution in [-0.4, -0.2) is 29.9 Å². The SMILES string of the molecule is [Ru+6].c1cc2ccc3cccc4c5nc(-c6cnccn6)ncc5c(c1)c2c34.c1ccc(-c2ccccn2)nc1. The molecule has 4 heterocycles. The summed E-state index contributed by atoms with van der Waals surface area (Å²) < 4.78 is 0. The smallest absolute Gasteiger partial charge is 0.261 e. The van der Waals surface area contributed by atoms with Gasteiger partial charge in [-0.05, 0) is 51.2 Å². The van der Waals surface area contributed by atoms with Crippen molar-refractivity contribution in [1.29, 1.82) is 0 Å². The monoisotopic (exact) mass is 590 g/mol. The van der Waals surface area contributed by atoms with Crippen LogP contribution in [0, 0.1) is 0 Å². The largest absolute Gasteiger partial charge is 6.00 e. The topological polar surface area (TPSA) is 77.3 Å². The van der Waals surface area contributed by atoms with Crippen molar-refractivity contribution in [3.63, 3.8) is 0 Å². The first kappa shape index (κ1) is 24.6. The zero-order chi connectivity index (χ0) is 25.3. The van der Waals surface area contributed by atoms with Crippen LogP contribution in [0.15, 0.2) is 122 Å². The maximum atomic E-state index is 4.88. The second-order valence-electron chi connectivity index (χ2n) is 8.85. The first-order valence-corrected chi connectivity index (χ1v) is 12.3. The van der Waals surface area contributed by atoms with Crippen molar-refractivity contribution in [2.24, 2.45) is 0 Å². The molecule has 7 heteroatoms. The minimum absolute atomic E-state index is 0. The Morgan fingerprint density at radius 1 is 0.436 bits per heavy atom. The molecule has 0 spiro atoms. The van der Waals surface area contributed by atoms with Gasteiger partial charge < -0.3 is 0 Å². The molecule has 0 radical (unpaired) electrons. The number of nitrogens with zero attached hydrogens (tertiary/aromatic N) is 6. The summed E-state index contributed by atoms with van der Waals surface area (Å²) in [6.07, 6.45) is 10.5. The van der Waals surface area contributed by atoms with E-state index in [2.05, 4.69) is 73.5 Å². The third kappa shape index (κ3) is 4.47. The molecule has 4 aromatic heterocycles. The average molecular weight is 590 g/mol. The van der Waals surface area contributed by atoms with E-state index >= 15 is 0 Å². The van der Waals surface area contributed by atoms with Crippen LogP contribution in [0.4, 0.5) is 0 Å². The van der Waals surface area contributed by atoms with Gasteiger partial charge in [-0.1, -0.05) is 60.7 Å². The van der Waals surface area contributed by atoms with Crippen LogP contribution in [0.2, 0.25) is 0 Å². The van der Waals surface area contributed by atoms with Gasteiger partial charge in [-0.3, -0.25) is 15.0 Å². The van der Waals surface area contributed by atoms with E-state index in [-0.39, 0.29) is 19.5 Å². The second kappa shape index (κ2) is 10.6. The van der Waals surface area contributed by atoms with Crippen molar-refractivity contribution < 1.29 is 19.5 Å². The molecule has 0 amide bonds. The van der Waals surface area contributed by atoms with Crippen molar-refractivity contribution in [1.82, 2.24) is 29.9 Å². The van der Waals surface area contributed by atoms with E-state index in [0.717, 1.165) is 27.7 Å². The van der Waals surface area contributed by atoms with Crippen molar-refractivity contribution in [2.75, 3.05) is 0 Å². The zero-order valence-electron chi connectivity index (χ0n) is 20.6. The Morgan fingerprint density at radius 3 is 1.69 bits per heavy atom. The summed E-state index contributed by atoms with van der Waals surface area (Å²) in [5.41, 5.74) is 3.47. The molecule has 180 valence electrons. The first-order chi connectivity index (χ1) is 18.9. The van der Waals surface area contributed by atoms with Gasteiger partial charge in [-0.25, -0.2) is 15.0 Å². The fourth-order valence-electron chi connectivity index (χ4n) is 4.93.